The molecule has 5 heteroatoms. The van der Waals surface area contributed by atoms with E-state index in [-0.39, 0.29) is 5.75 Å². The molecule has 1 aromatic rings. The minimum atomic E-state index is -2.34. The van der Waals surface area contributed by atoms with Crippen molar-refractivity contribution in [2.24, 2.45) is 0 Å². The molecule has 0 bridgehead atoms. The van der Waals surface area contributed by atoms with Crippen LogP contribution < -0.4 is 5.32 Å². The summed E-state index contributed by atoms with van der Waals surface area (Å²) in [5.41, 5.74) is 0. The van der Waals surface area contributed by atoms with E-state index in [2.05, 4.69) is 5.32 Å². The van der Waals surface area contributed by atoms with Gasteiger partial charge in [0.15, 0.2) is 0 Å². The summed E-state index contributed by atoms with van der Waals surface area (Å²) in [6, 6.07) is 3.51. The van der Waals surface area contributed by atoms with E-state index in [4.69, 9.17) is 4.42 Å². The fourth-order valence-corrected chi connectivity index (χ4v) is 1.36. The van der Waals surface area contributed by atoms with Crippen molar-refractivity contribution in [2.75, 3.05) is 7.05 Å². The summed E-state index contributed by atoms with van der Waals surface area (Å²) in [6.07, 6.45) is 0. The van der Waals surface area contributed by atoms with E-state index in [1.165, 1.54) is 0 Å². The maximum atomic E-state index is 11.8. The highest BCUT2D eigenvalue weighted by atomic mass is 32.2. The van der Waals surface area contributed by atoms with Crippen LogP contribution in [0.1, 0.15) is 11.5 Å². The molecule has 0 aromatic carbocycles. The van der Waals surface area contributed by atoms with E-state index in [9.17, 15) is 8.78 Å². The van der Waals surface area contributed by atoms with Crippen LogP contribution in [0, 0.1) is 0 Å². The zero-order valence-electron chi connectivity index (χ0n) is 7.22. The fraction of sp³-hybridized carbons (Fsp3) is 0.500. The number of rotatable bonds is 5. The third-order valence-corrected chi connectivity index (χ3v) is 2.12. The van der Waals surface area contributed by atoms with Gasteiger partial charge in [0, 0.05) is 0 Å². The Morgan fingerprint density at radius 3 is 2.77 bits per heavy atom. The Labute approximate surface area is 79.7 Å². The van der Waals surface area contributed by atoms with Gasteiger partial charge in [0.25, 0.3) is 5.76 Å². The van der Waals surface area contributed by atoms with Gasteiger partial charge in [0.2, 0.25) is 0 Å². The SMILES string of the molecule is CNCc1ccc(CSC(F)F)o1. The molecule has 1 rings (SSSR count). The molecule has 1 heterocycles. The molecule has 0 aliphatic heterocycles. The maximum Gasteiger partial charge on any atom is 0.284 e. The summed E-state index contributed by atoms with van der Waals surface area (Å²) in [4.78, 5) is 0. The molecule has 0 aliphatic carbocycles. The summed E-state index contributed by atoms with van der Waals surface area (Å²) in [6.45, 7) is 0.624. The lowest BCUT2D eigenvalue weighted by Gasteiger charge is -1.96. The monoisotopic (exact) mass is 207 g/mol. The number of thioether (sulfide) groups is 1. The van der Waals surface area contributed by atoms with E-state index in [1.807, 2.05) is 0 Å². The van der Waals surface area contributed by atoms with Crippen LogP contribution in [0.5, 0.6) is 0 Å². The van der Waals surface area contributed by atoms with Gasteiger partial charge in [-0.05, 0) is 19.2 Å². The molecular formula is C8H11F2NOS. The summed E-state index contributed by atoms with van der Waals surface area (Å²) >= 11 is 0.568. The zero-order valence-corrected chi connectivity index (χ0v) is 8.04. The number of furan rings is 1. The van der Waals surface area contributed by atoms with Gasteiger partial charge in [-0.3, -0.25) is 0 Å². The first kappa shape index (κ1) is 10.5. The minimum absolute atomic E-state index is 0.224. The third-order valence-electron chi connectivity index (χ3n) is 1.42. The summed E-state index contributed by atoms with van der Waals surface area (Å²) in [7, 11) is 1.80. The standard InChI is InChI=1S/C8H11F2NOS/c1-11-4-6-2-3-7(12-6)5-13-8(9)10/h2-3,8,11H,4-5H2,1H3. The molecule has 0 spiro atoms. The van der Waals surface area contributed by atoms with Crippen molar-refractivity contribution in [3.8, 4) is 0 Å². The van der Waals surface area contributed by atoms with E-state index in [1.54, 1.807) is 19.2 Å². The van der Waals surface area contributed by atoms with E-state index < -0.39 is 5.76 Å². The molecule has 0 fully saturated rings. The molecule has 0 radical (unpaired) electrons. The quantitative estimate of drug-likeness (QED) is 0.802. The van der Waals surface area contributed by atoms with Crippen molar-refractivity contribution in [3.63, 3.8) is 0 Å². The molecule has 0 saturated carbocycles. The first-order valence-corrected chi connectivity index (χ1v) is 4.89. The Balaban J connectivity index is 2.39. The van der Waals surface area contributed by atoms with Crippen LogP contribution >= 0.6 is 11.8 Å². The van der Waals surface area contributed by atoms with Crippen molar-refractivity contribution in [1.82, 2.24) is 5.32 Å². The molecule has 1 aromatic heterocycles. The van der Waals surface area contributed by atoms with E-state index in [0.29, 0.717) is 24.1 Å². The van der Waals surface area contributed by atoms with Crippen molar-refractivity contribution in [3.05, 3.63) is 23.7 Å². The van der Waals surface area contributed by atoms with Crippen LogP contribution in [0.4, 0.5) is 8.78 Å². The van der Waals surface area contributed by atoms with Gasteiger partial charge in [-0.2, -0.15) is 8.78 Å². The van der Waals surface area contributed by atoms with Crippen molar-refractivity contribution >= 4 is 11.8 Å². The molecule has 0 unspecified atom stereocenters. The normalized spacial score (nSPS) is 11.1. The highest BCUT2D eigenvalue weighted by Crippen LogP contribution is 2.20. The van der Waals surface area contributed by atoms with E-state index in [0.717, 1.165) is 5.76 Å². The predicted octanol–water partition coefficient (Wildman–Crippen LogP) is 2.45. The van der Waals surface area contributed by atoms with Crippen molar-refractivity contribution in [2.45, 2.75) is 18.1 Å². The second-order valence-electron chi connectivity index (χ2n) is 2.47. The van der Waals surface area contributed by atoms with Gasteiger partial charge in [0.05, 0.1) is 12.3 Å². The first-order chi connectivity index (χ1) is 6.22. The van der Waals surface area contributed by atoms with Gasteiger partial charge < -0.3 is 9.73 Å². The second kappa shape index (κ2) is 5.24. The number of alkyl halides is 2. The zero-order chi connectivity index (χ0) is 9.68. The molecule has 1 N–H and O–H groups in total. The summed E-state index contributed by atoms with van der Waals surface area (Å²) < 4.78 is 28.8. The Morgan fingerprint density at radius 1 is 1.46 bits per heavy atom. The lowest BCUT2D eigenvalue weighted by molar-refractivity contribution is 0.251. The predicted molar refractivity (Wildman–Crippen MR) is 48.8 cm³/mol. The van der Waals surface area contributed by atoms with Crippen molar-refractivity contribution in [1.29, 1.82) is 0 Å². The average Bonchev–Trinajstić information content (AvgIpc) is 2.50. The smallest absolute Gasteiger partial charge is 0.284 e. The van der Waals surface area contributed by atoms with Crippen LogP contribution in [-0.2, 0) is 12.3 Å². The Hall–Kier alpha value is -0.550. The molecule has 0 saturated heterocycles. The van der Waals surface area contributed by atoms with Crippen molar-refractivity contribution < 1.29 is 13.2 Å². The number of halogens is 2. The van der Waals surface area contributed by atoms with Crippen LogP contribution in [0.25, 0.3) is 0 Å². The fourth-order valence-electron chi connectivity index (χ4n) is 0.914. The summed E-state index contributed by atoms with van der Waals surface area (Å²) in [5.74, 6) is -0.748. The Bertz CT molecular complexity index is 252. The first-order valence-electron chi connectivity index (χ1n) is 3.84. The maximum absolute atomic E-state index is 11.8. The Kier molecular flexibility index (Phi) is 4.24. The van der Waals surface area contributed by atoms with Gasteiger partial charge in [-0.15, -0.1) is 0 Å². The van der Waals surface area contributed by atoms with Gasteiger partial charge in [-0.25, -0.2) is 0 Å². The highest BCUT2D eigenvalue weighted by molar-refractivity contribution is 7.98. The molecule has 13 heavy (non-hydrogen) atoms. The summed E-state index contributed by atoms with van der Waals surface area (Å²) in [5, 5.41) is 2.91. The number of hydrogen-bond donors (Lipinski definition) is 1. The number of nitrogens with one attached hydrogen (secondary N) is 1. The molecule has 2 nitrogen and oxygen atoms in total. The number of hydrogen-bond acceptors (Lipinski definition) is 3. The van der Waals surface area contributed by atoms with E-state index >= 15 is 0 Å². The van der Waals surface area contributed by atoms with Crippen LogP contribution in [-0.4, -0.2) is 12.8 Å². The van der Waals surface area contributed by atoms with Crippen LogP contribution in [0.3, 0.4) is 0 Å². The second-order valence-corrected chi connectivity index (χ2v) is 3.45. The minimum Gasteiger partial charge on any atom is -0.464 e. The van der Waals surface area contributed by atoms with Gasteiger partial charge >= 0.3 is 0 Å². The molecule has 0 atom stereocenters. The topological polar surface area (TPSA) is 25.2 Å². The van der Waals surface area contributed by atoms with Crippen LogP contribution in [0.15, 0.2) is 16.5 Å². The lowest BCUT2D eigenvalue weighted by atomic mass is 10.4. The molecular weight excluding hydrogens is 196 g/mol. The van der Waals surface area contributed by atoms with Crippen LogP contribution in [0.2, 0.25) is 0 Å². The third kappa shape index (κ3) is 3.78. The lowest BCUT2D eigenvalue weighted by Crippen LogP contribution is -2.03. The Morgan fingerprint density at radius 2 is 2.15 bits per heavy atom. The van der Waals surface area contributed by atoms with Gasteiger partial charge in [-0.1, -0.05) is 11.8 Å². The molecule has 0 amide bonds. The molecule has 0 aliphatic rings. The van der Waals surface area contributed by atoms with Gasteiger partial charge in [0.1, 0.15) is 11.5 Å². The molecule has 74 valence electrons. The largest absolute Gasteiger partial charge is 0.464 e. The average molecular weight is 207 g/mol. The highest BCUT2D eigenvalue weighted by Gasteiger charge is 2.06.